The summed E-state index contributed by atoms with van der Waals surface area (Å²) < 4.78 is 32.8. The Morgan fingerprint density at radius 1 is 0.500 bits per heavy atom. The normalized spacial score (nSPS) is 14.1. The number of esters is 2. The molecule has 0 radical (unpaired) electrons. The first kappa shape index (κ1) is 59.2. The molecule has 0 aromatic carbocycles. The molecule has 0 heterocycles. The van der Waals surface area contributed by atoms with Gasteiger partial charge in [0.2, 0.25) is 0 Å². The third-order valence-corrected chi connectivity index (χ3v) is 11.2. The fourth-order valence-corrected chi connectivity index (χ4v) is 7.17. The molecular weight excluding hydrogens is 806 g/mol. The number of carboxylic acids is 1. The van der Waals surface area contributed by atoms with Crippen molar-refractivity contribution in [1.29, 1.82) is 0 Å². The van der Waals surface area contributed by atoms with E-state index in [0.29, 0.717) is 12.8 Å². The van der Waals surface area contributed by atoms with E-state index in [9.17, 15) is 23.8 Å². The van der Waals surface area contributed by atoms with Crippen LogP contribution in [-0.4, -0.2) is 59.9 Å². The zero-order valence-corrected chi connectivity index (χ0v) is 39.8. The number of rotatable bonds is 45. The maximum Gasteiger partial charge on any atom is 0.472 e. The molecule has 0 spiro atoms. The standard InChI is InChI=1S/C50H88NO10P/c1-3-5-7-9-11-13-15-17-19-21-23-25-27-29-31-33-35-37-39-41-48(52)58-43-46(44-59-62(56,57)60-45-47(51)50(54)55)61-49(53)42-40-38-36-34-32-30-28-26-24-22-20-18-16-14-12-10-8-6-4-2/h12,14,18,20-21,23-24,26,30,32,46-47H,3-11,13,15-17,19,22,25,27-29,31,33-45,51H2,1-2H3,(H,54,55)(H,56,57)/b14-12-,20-18-,23-21-,26-24-,32-30-/t46-,47+/m1/s1. The summed E-state index contributed by atoms with van der Waals surface area (Å²) in [6.45, 7) is 2.75. The Labute approximate surface area is 377 Å². The van der Waals surface area contributed by atoms with Crippen LogP contribution in [0.2, 0.25) is 0 Å². The average Bonchev–Trinajstić information content (AvgIpc) is 3.25. The lowest BCUT2D eigenvalue weighted by atomic mass is 10.1. The van der Waals surface area contributed by atoms with Crippen LogP contribution in [0.25, 0.3) is 0 Å². The molecule has 0 rings (SSSR count). The van der Waals surface area contributed by atoms with Gasteiger partial charge in [-0.05, 0) is 83.5 Å². The second kappa shape index (κ2) is 44.8. The Hall–Kier alpha value is -2.82. The molecule has 62 heavy (non-hydrogen) atoms. The molecular formula is C50H88NO10P. The highest BCUT2D eigenvalue weighted by atomic mass is 31.2. The van der Waals surface area contributed by atoms with Crippen molar-refractivity contribution in [3.63, 3.8) is 0 Å². The summed E-state index contributed by atoms with van der Waals surface area (Å²) in [5.74, 6) is -2.42. The summed E-state index contributed by atoms with van der Waals surface area (Å²) in [7, 11) is -4.73. The Bertz CT molecular complexity index is 1280. The van der Waals surface area contributed by atoms with Crippen LogP contribution in [0.1, 0.15) is 206 Å². The van der Waals surface area contributed by atoms with Crippen LogP contribution >= 0.6 is 7.82 Å². The predicted molar refractivity (Wildman–Crippen MR) is 254 cm³/mol. The van der Waals surface area contributed by atoms with Crippen molar-refractivity contribution < 1.29 is 47.5 Å². The number of ether oxygens (including phenoxy) is 2. The molecule has 0 saturated heterocycles. The molecule has 12 heteroatoms. The molecule has 0 aliphatic rings. The summed E-state index contributed by atoms with van der Waals surface area (Å²) in [6, 6.07) is -1.53. The molecule has 4 N–H and O–H groups in total. The smallest absolute Gasteiger partial charge is 0.472 e. The monoisotopic (exact) mass is 894 g/mol. The molecule has 0 aliphatic heterocycles. The minimum Gasteiger partial charge on any atom is -0.480 e. The van der Waals surface area contributed by atoms with E-state index >= 15 is 0 Å². The van der Waals surface area contributed by atoms with Crippen LogP contribution in [0.3, 0.4) is 0 Å². The molecule has 0 aromatic rings. The first-order valence-corrected chi connectivity index (χ1v) is 25.8. The van der Waals surface area contributed by atoms with E-state index in [2.05, 4.69) is 79.1 Å². The third kappa shape index (κ3) is 43.8. The van der Waals surface area contributed by atoms with Crippen molar-refractivity contribution in [3.8, 4) is 0 Å². The van der Waals surface area contributed by atoms with Crippen molar-refractivity contribution in [3.05, 3.63) is 60.8 Å². The Morgan fingerprint density at radius 3 is 1.34 bits per heavy atom. The van der Waals surface area contributed by atoms with Gasteiger partial charge >= 0.3 is 25.7 Å². The lowest BCUT2D eigenvalue weighted by Gasteiger charge is -2.20. The van der Waals surface area contributed by atoms with Crippen LogP contribution in [0.5, 0.6) is 0 Å². The van der Waals surface area contributed by atoms with Crippen molar-refractivity contribution >= 4 is 25.7 Å². The van der Waals surface area contributed by atoms with Gasteiger partial charge in [0.05, 0.1) is 13.2 Å². The molecule has 0 saturated carbocycles. The number of carbonyl (C=O) groups excluding carboxylic acids is 2. The van der Waals surface area contributed by atoms with E-state index in [1.807, 2.05) is 0 Å². The lowest BCUT2D eigenvalue weighted by Crippen LogP contribution is -2.34. The SMILES string of the molecule is CCCCC/C=C\C/C=C\C/C=C\C/C=C\CCCCCC(=O)O[C@H](COC(=O)CCCCCCCCC/C=C\CCCCCCCCCC)COP(=O)(O)OC[C@H](N)C(=O)O. The van der Waals surface area contributed by atoms with Gasteiger partial charge in [0, 0.05) is 12.8 Å². The van der Waals surface area contributed by atoms with E-state index in [1.165, 1.54) is 103 Å². The van der Waals surface area contributed by atoms with Crippen molar-refractivity contribution in [2.45, 2.75) is 219 Å². The number of nitrogens with two attached hydrogens (primary N) is 1. The lowest BCUT2D eigenvalue weighted by molar-refractivity contribution is -0.161. The highest BCUT2D eigenvalue weighted by Crippen LogP contribution is 2.43. The number of carbonyl (C=O) groups is 3. The van der Waals surface area contributed by atoms with E-state index in [1.54, 1.807) is 0 Å². The Morgan fingerprint density at radius 2 is 0.855 bits per heavy atom. The Kier molecular flexibility index (Phi) is 42.7. The molecule has 1 unspecified atom stereocenters. The number of phosphoric acid groups is 1. The van der Waals surface area contributed by atoms with Gasteiger partial charge in [-0.2, -0.15) is 0 Å². The van der Waals surface area contributed by atoms with Crippen molar-refractivity contribution in [2.24, 2.45) is 5.73 Å². The fourth-order valence-electron chi connectivity index (χ4n) is 6.40. The van der Waals surface area contributed by atoms with E-state index < -0.39 is 51.1 Å². The van der Waals surface area contributed by atoms with Gasteiger partial charge in [0.15, 0.2) is 6.10 Å². The van der Waals surface area contributed by atoms with Crippen LogP contribution in [0.4, 0.5) is 0 Å². The van der Waals surface area contributed by atoms with Crippen LogP contribution in [-0.2, 0) is 37.5 Å². The number of aliphatic carboxylic acids is 1. The van der Waals surface area contributed by atoms with Crippen molar-refractivity contribution in [1.82, 2.24) is 0 Å². The third-order valence-electron chi connectivity index (χ3n) is 10.2. The van der Waals surface area contributed by atoms with Gasteiger partial charge in [0.25, 0.3) is 0 Å². The number of unbranched alkanes of at least 4 members (excludes halogenated alkanes) is 21. The Balaban J connectivity index is 4.37. The first-order chi connectivity index (χ1) is 30.1. The van der Waals surface area contributed by atoms with Gasteiger partial charge in [-0.1, -0.05) is 171 Å². The predicted octanol–water partition coefficient (Wildman–Crippen LogP) is 13.5. The molecule has 0 aliphatic carbocycles. The summed E-state index contributed by atoms with van der Waals surface area (Å²) in [6.07, 6.45) is 52.8. The quantitative estimate of drug-likeness (QED) is 0.0230. The maximum atomic E-state index is 12.7. The molecule has 11 nitrogen and oxygen atoms in total. The van der Waals surface area contributed by atoms with Crippen LogP contribution in [0.15, 0.2) is 60.8 Å². The first-order valence-electron chi connectivity index (χ1n) is 24.3. The molecule has 0 aromatic heterocycles. The summed E-state index contributed by atoms with van der Waals surface area (Å²) in [5, 5.41) is 8.91. The average molecular weight is 894 g/mol. The number of carboxylic acid groups (broad SMARTS) is 1. The number of phosphoric ester groups is 1. The second-order valence-electron chi connectivity index (χ2n) is 16.2. The van der Waals surface area contributed by atoms with Gasteiger partial charge in [-0.3, -0.25) is 23.4 Å². The number of hydrogen-bond acceptors (Lipinski definition) is 9. The maximum absolute atomic E-state index is 12.7. The topological polar surface area (TPSA) is 172 Å². The van der Waals surface area contributed by atoms with Gasteiger partial charge in [-0.15, -0.1) is 0 Å². The highest BCUT2D eigenvalue weighted by Gasteiger charge is 2.28. The minimum absolute atomic E-state index is 0.121. The molecule has 0 amide bonds. The van der Waals surface area contributed by atoms with Crippen LogP contribution < -0.4 is 5.73 Å². The fraction of sp³-hybridized carbons (Fsp3) is 0.740. The highest BCUT2D eigenvalue weighted by molar-refractivity contribution is 7.47. The number of allylic oxidation sites excluding steroid dienone is 10. The molecule has 0 fully saturated rings. The zero-order chi connectivity index (χ0) is 45.6. The van der Waals surface area contributed by atoms with E-state index in [-0.39, 0.29) is 19.4 Å². The van der Waals surface area contributed by atoms with Gasteiger partial charge in [0.1, 0.15) is 12.6 Å². The zero-order valence-electron chi connectivity index (χ0n) is 38.9. The van der Waals surface area contributed by atoms with Crippen molar-refractivity contribution in [2.75, 3.05) is 19.8 Å². The summed E-state index contributed by atoms with van der Waals surface area (Å²) in [4.78, 5) is 46.1. The largest absolute Gasteiger partial charge is 0.480 e. The molecule has 358 valence electrons. The van der Waals surface area contributed by atoms with E-state index in [0.717, 1.165) is 64.2 Å². The van der Waals surface area contributed by atoms with Gasteiger partial charge in [-0.25, -0.2) is 4.57 Å². The summed E-state index contributed by atoms with van der Waals surface area (Å²) in [5.41, 5.74) is 5.34. The van der Waals surface area contributed by atoms with E-state index in [4.69, 9.17) is 24.8 Å². The summed E-state index contributed by atoms with van der Waals surface area (Å²) >= 11 is 0. The molecule has 0 bridgehead atoms. The van der Waals surface area contributed by atoms with Crippen LogP contribution in [0, 0.1) is 0 Å². The second-order valence-corrected chi connectivity index (χ2v) is 17.7. The molecule has 3 atom stereocenters. The number of hydrogen-bond donors (Lipinski definition) is 3. The minimum atomic E-state index is -4.73. The van der Waals surface area contributed by atoms with Gasteiger partial charge < -0.3 is 25.2 Å².